The number of nitrogens with one attached hydrogen (secondary N) is 1. The maximum atomic E-state index is 12.7. The zero-order chi connectivity index (χ0) is 18.0. The quantitative estimate of drug-likeness (QED) is 0.586. The molecule has 2 heterocycles. The van der Waals surface area contributed by atoms with Gasteiger partial charge in [0.15, 0.2) is 0 Å². The minimum atomic E-state index is -3.68. The van der Waals surface area contributed by atoms with Gasteiger partial charge >= 0.3 is 0 Å². The van der Waals surface area contributed by atoms with Crippen LogP contribution in [-0.4, -0.2) is 28.4 Å². The second-order valence-corrected chi connectivity index (χ2v) is 7.40. The lowest BCUT2D eigenvalue weighted by molar-refractivity contribution is 0.581. The topological polar surface area (TPSA) is 89.8 Å². The summed E-state index contributed by atoms with van der Waals surface area (Å²) in [5.74, 6) is 0. The molecule has 1 N–H and O–H groups in total. The van der Waals surface area contributed by atoms with Crippen molar-refractivity contribution in [1.29, 1.82) is 0 Å². The van der Waals surface area contributed by atoms with Gasteiger partial charge in [-0.1, -0.05) is 41.6 Å². The van der Waals surface area contributed by atoms with Crippen molar-refractivity contribution in [1.82, 2.24) is 24.7 Å². The molecule has 0 spiro atoms. The average molecular weight is 365 g/mol. The highest BCUT2D eigenvalue weighted by molar-refractivity contribution is 7.89. The Balaban J connectivity index is 1.57. The largest absolute Gasteiger partial charge is 0.262 e. The number of benzene rings is 2. The summed E-state index contributed by atoms with van der Waals surface area (Å²) in [5.41, 5.74) is 1.26. The summed E-state index contributed by atoms with van der Waals surface area (Å²) < 4.78 is 29.6. The lowest BCUT2D eigenvalue weighted by Gasteiger charge is -2.08. The second kappa shape index (κ2) is 6.66. The van der Waals surface area contributed by atoms with Crippen molar-refractivity contribution in [3.05, 3.63) is 78.9 Å². The normalized spacial score (nSPS) is 11.7. The van der Waals surface area contributed by atoms with Crippen LogP contribution in [0.2, 0.25) is 0 Å². The van der Waals surface area contributed by atoms with E-state index >= 15 is 0 Å². The van der Waals surface area contributed by atoms with Crippen molar-refractivity contribution in [2.45, 2.75) is 11.4 Å². The van der Waals surface area contributed by atoms with Crippen LogP contribution in [0.15, 0.2) is 78.1 Å². The second-order valence-electron chi connectivity index (χ2n) is 5.67. The summed E-state index contributed by atoms with van der Waals surface area (Å²) in [6.45, 7) is 0.0474. The predicted octanol–water partition coefficient (Wildman–Crippen LogP) is 2.29. The van der Waals surface area contributed by atoms with Crippen LogP contribution in [0.25, 0.3) is 16.5 Å². The van der Waals surface area contributed by atoms with Crippen molar-refractivity contribution in [3.63, 3.8) is 0 Å². The first-order valence-electron chi connectivity index (χ1n) is 7.92. The van der Waals surface area contributed by atoms with E-state index in [1.165, 1.54) is 0 Å². The molecule has 0 aliphatic heterocycles. The molecule has 0 saturated carbocycles. The molecule has 4 aromatic rings. The first kappa shape index (κ1) is 16.4. The Morgan fingerprint density at radius 2 is 1.85 bits per heavy atom. The highest BCUT2D eigenvalue weighted by atomic mass is 32.2. The zero-order valence-electron chi connectivity index (χ0n) is 13.6. The lowest BCUT2D eigenvalue weighted by Crippen LogP contribution is -2.23. The average Bonchev–Trinajstić information content (AvgIpc) is 3.16. The molecule has 4 rings (SSSR count). The van der Waals surface area contributed by atoms with Gasteiger partial charge in [0.05, 0.1) is 35.2 Å². The maximum Gasteiger partial charge on any atom is 0.241 e. The molecule has 130 valence electrons. The van der Waals surface area contributed by atoms with Crippen molar-refractivity contribution < 1.29 is 8.42 Å². The molecule has 2 aromatic heterocycles. The molecule has 0 aliphatic rings. The monoisotopic (exact) mass is 365 g/mol. The molecule has 0 aliphatic carbocycles. The van der Waals surface area contributed by atoms with E-state index in [0.717, 1.165) is 11.1 Å². The van der Waals surface area contributed by atoms with E-state index in [2.05, 4.69) is 20.0 Å². The molecule has 26 heavy (non-hydrogen) atoms. The Labute approximate surface area is 150 Å². The summed E-state index contributed by atoms with van der Waals surface area (Å²) in [7, 11) is -3.68. The number of sulfonamides is 1. The summed E-state index contributed by atoms with van der Waals surface area (Å²) in [4.78, 5) is 4.27. The van der Waals surface area contributed by atoms with Gasteiger partial charge in [-0.25, -0.2) is 17.8 Å². The van der Waals surface area contributed by atoms with Gasteiger partial charge in [0, 0.05) is 11.6 Å². The molecule has 0 saturated heterocycles. The Morgan fingerprint density at radius 1 is 1.00 bits per heavy atom. The van der Waals surface area contributed by atoms with Crippen molar-refractivity contribution in [2.75, 3.05) is 0 Å². The molecule has 0 fully saturated rings. The third-order valence-corrected chi connectivity index (χ3v) is 5.39. The van der Waals surface area contributed by atoms with Gasteiger partial charge in [-0.2, -0.15) is 0 Å². The summed E-state index contributed by atoms with van der Waals surface area (Å²) in [6.07, 6.45) is 4.99. The molecule has 0 unspecified atom stereocenters. The van der Waals surface area contributed by atoms with Crippen LogP contribution in [0.3, 0.4) is 0 Å². The van der Waals surface area contributed by atoms with Gasteiger partial charge in [0.1, 0.15) is 0 Å². The van der Waals surface area contributed by atoms with Crippen LogP contribution in [0, 0.1) is 0 Å². The van der Waals surface area contributed by atoms with Crippen LogP contribution >= 0.6 is 0 Å². The highest BCUT2D eigenvalue weighted by Gasteiger charge is 2.17. The van der Waals surface area contributed by atoms with Crippen molar-refractivity contribution >= 4 is 20.8 Å². The number of hydrogen-bond acceptors (Lipinski definition) is 5. The first-order valence-corrected chi connectivity index (χ1v) is 9.41. The number of hydrogen-bond donors (Lipinski definition) is 1. The Hall–Kier alpha value is -3.10. The predicted molar refractivity (Wildman–Crippen MR) is 97.1 cm³/mol. The Kier molecular flexibility index (Phi) is 4.19. The van der Waals surface area contributed by atoms with E-state index in [1.807, 2.05) is 30.3 Å². The SMILES string of the molecule is O=S(=O)(NCc1cn(-c2cccnc2)nn1)c1cccc2ccccc12. The zero-order valence-corrected chi connectivity index (χ0v) is 14.5. The van der Waals surface area contributed by atoms with Crippen LogP contribution in [0.5, 0.6) is 0 Å². The molecule has 0 radical (unpaired) electrons. The fraction of sp³-hybridized carbons (Fsp3) is 0.0556. The smallest absolute Gasteiger partial charge is 0.241 e. The van der Waals surface area contributed by atoms with E-state index in [9.17, 15) is 8.42 Å². The third kappa shape index (κ3) is 3.19. The Morgan fingerprint density at radius 3 is 2.69 bits per heavy atom. The molecule has 0 atom stereocenters. The molecular formula is C18H15N5O2S. The number of nitrogens with zero attached hydrogens (tertiary/aromatic N) is 4. The van der Waals surface area contributed by atoms with Crippen LogP contribution in [-0.2, 0) is 16.6 Å². The summed E-state index contributed by atoms with van der Waals surface area (Å²) in [6, 6.07) is 16.2. The van der Waals surface area contributed by atoms with Gasteiger partial charge in [0.25, 0.3) is 0 Å². The minimum Gasteiger partial charge on any atom is -0.262 e. The number of fused-ring (bicyclic) bond motifs is 1. The number of aromatic nitrogens is 4. The van der Waals surface area contributed by atoms with E-state index in [0.29, 0.717) is 11.1 Å². The maximum absolute atomic E-state index is 12.7. The molecule has 0 amide bonds. The van der Waals surface area contributed by atoms with Crippen LogP contribution in [0.1, 0.15) is 5.69 Å². The highest BCUT2D eigenvalue weighted by Crippen LogP contribution is 2.22. The van der Waals surface area contributed by atoms with Crippen LogP contribution < -0.4 is 4.72 Å². The fourth-order valence-corrected chi connectivity index (χ4v) is 3.90. The van der Waals surface area contributed by atoms with Crippen LogP contribution in [0.4, 0.5) is 0 Å². The molecule has 7 nitrogen and oxygen atoms in total. The van der Waals surface area contributed by atoms with Gasteiger partial charge in [0.2, 0.25) is 10.0 Å². The van der Waals surface area contributed by atoms with Crippen molar-refractivity contribution in [3.8, 4) is 5.69 Å². The number of pyridine rings is 1. The molecule has 0 bridgehead atoms. The molecule has 2 aromatic carbocycles. The molecular weight excluding hydrogens is 350 g/mol. The van der Waals surface area contributed by atoms with E-state index in [4.69, 9.17) is 0 Å². The van der Waals surface area contributed by atoms with Gasteiger partial charge in [-0.3, -0.25) is 4.98 Å². The van der Waals surface area contributed by atoms with Crippen molar-refractivity contribution in [2.24, 2.45) is 0 Å². The van der Waals surface area contributed by atoms with Gasteiger partial charge in [-0.15, -0.1) is 5.10 Å². The van der Waals surface area contributed by atoms with E-state index in [1.54, 1.807) is 47.5 Å². The number of rotatable bonds is 5. The lowest BCUT2D eigenvalue weighted by atomic mass is 10.1. The first-order chi connectivity index (χ1) is 12.6. The molecule has 8 heteroatoms. The van der Waals surface area contributed by atoms with E-state index < -0.39 is 10.0 Å². The standard InChI is InChI=1S/C18H15N5O2S/c24-26(25,18-9-3-6-14-5-1-2-8-17(14)18)20-11-15-13-23(22-21-15)16-7-4-10-19-12-16/h1-10,12-13,20H,11H2. The third-order valence-electron chi connectivity index (χ3n) is 3.93. The minimum absolute atomic E-state index is 0.0474. The summed E-state index contributed by atoms with van der Waals surface area (Å²) >= 11 is 0. The summed E-state index contributed by atoms with van der Waals surface area (Å²) in [5, 5.41) is 9.57. The fourth-order valence-electron chi connectivity index (χ4n) is 2.67. The van der Waals surface area contributed by atoms with E-state index in [-0.39, 0.29) is 11.4 Å². The van der Waals surface area contributed by atoms with Gasteiger partial charge < -0.3 is 0 Å². The van der Waals surface area contributed by atoms with Gasteiger partial charge in [-0.05, 0) is 23.6 Å². The Bertz CT molecular complexity index is 1150.